The summed E-state index contributed by atoms with van der Waals surface area (Å²) in [7, 11) is 0. The van der Waals surface area contributed by atoms with Gasteiger partial charge in [0.05, 0.1) is 6.20 Å². The van der Waals surface area contributed by atoms with Crippen molar-refractivity contribution in [2.24, 2.45) is 5.10 Å². The maximum atomic E-state index is 11.2. The van der Waals surface area contributed by atoms with E-state index in [4.69, 9.17) is 11.6 Å². The standard InChI is InChI=1S/C13H13ClN4O/c1-9(10-5-3-2-4-6-10)7-15-17-11-8-16-18-13(19)12(11)14/h2-9H,1H3,(H2,17,18,19)/b15-7-/t9-/m0/s1. The molecule has 0 radical (unpaired) electrons. The summed E-state index contributed by atoms with van der Waals surface area (Å²) in [6, 6.07) is 9.97. The first-order valence-corrected chi connectivity index (χ1v) is 6.13. The highest BCUT2D eigenvalue weighted by Crippen LogP contribution is 2.15. The van der Waals surface area contributed by atoms with Gasteiger partial charge in [0.15, 0.2) is 0 Å². The minimum Gasteiger partial charge on any atom is -0.275 e. The fourth-order valence-corrected chi connectivity index (χ4v) is 1.66. The second-order valence-electron chi connectivity index (χ2n) is 4.02. The molecule has 0 bridgehead atoms. The molecule has 1 aromatic heterocycles. The van der Waals surface area contributed by atoms with Gasteiger partial charge in [0.25, 0.3) is 5.56 Å². The molecule has 0 aliphatic heterocycles. The van der Waals surface area contributed by atoms with Gasteiger partial charge in [-0.05, 0) is 5.56 Å². The number of aromatic nitrogens is 2. The maximum absolute atomic E-state index is 11.2. The van der Waals surface area contributed by atoms with Crippen molar-refractivity contribution in [3.05, 3.63) is 57.5 Å². The van der Waals surface area contributed by atoms with Crippen molar-refractivity contribution in [2.75, 3.05) is 5.43 Å². The number of hydrogen-bond donors (Lipinski definition) is 2. The van der Waals surface area contributed by atoms with Crippen molar-refractivity contribution in [1.82, 2.24) is 10.2 Å². The number of rotatable bonds is 4. The number of nitrogens with zero attached hydrogens (tertiary/aromatic N) is 2. The molecule has 1 aromatic carbocycles. The number of aromatic amines is 1. The molecule has 19 heavy (non-hydrogen) atoms. The van der Waals surface area contributed by atoms with Crippen LogP contribution in [0.2, 0.25) is 5.02 Å². The first-order chi connectivity index (χ1) is 9.18. The lowest BCUT2D eigenvalue weighted by atomic mass is 10.0. The third-order valence-corrected chi connectivity index (χ3v) is 2.98. The smallest absolute Gasteiger partial charge is 0.275 e. The Morgan fingerprint density at radius 2 is 2.16 bits per heavy atom. The number of nitrogens with one attached hydrogen (secondary N) is 2. The van der Waals surface area contributed by atoms with Crippen molar-refractivity contribution >= 4 is 23.5 Å². The molecule has 2 aromatic rings. The van der Waals surface area contributed by atoms with Gasteiger partial charge in [0.1, 0.15) is 10.7 Å². The zero-order valence-electron chi connectivity index (χ0n) is 10.3. The highest BCUT2D eigenvalue weighted by Gasteiger charge is 2.04. The number of halogens is 1. The van der Waals surface area contributed by atoms with E-state index in [0.29, 0.717) is 5.69 Å². The van der Waals surface area contributed by atoms with E-state index in [1.807, 2.05) is 37.3 Å². The topological polar surface area (TPSA) is 70.1 Å². The summed E-state index contributed by atoms with van der Waals surface area (Å²) in [5, 5.41) is 9.99. The van der Waals surface area contributed by atoms with Crippen LogP contribution >= 0.6 is 11.6 Å². The Morgan fingerprint density at radius 1 is 1.42 bits per heavy atom. The Hall–Kier alpha value is -2.14. The third-order valence-electron chi connectivity index (χ3n) is 2.60. The van der Waals surface area contributed by atoms with Gasteiger partial charge in [-0.25, -0.2) is 5.10 Å². The maximum Gasteiger partial charge on any atom is 0.285 e. The van der Waals surface area contributed by atoms with E-state index in [2.05, 4.69) is 20.7 Å². The summed E-state index contributed by atoms with van der Waals surface area (Å²) in [5.74, 6) is 0.155. The van der Waals surface area contributed by atoms with Crippen LogP contribution in [0.15, 0.2) is 46.4 Å². The van der Waals surface area contributed by atoms with Crippen LogP contribution in [-0.2, 0) is 0 Å². The van der Waals surface area contributed by atoms with Crippen LogP contribution in [0.4, 0.5) is 5.69 Å². The van der Waals surface area contributed by atoms with Crippen LogP contribution in [0.3, 0.4) is 0 Å². The molecule has 2 N–H and O–H groups in total. The lowest BCUT2D eigenvalue weighted by Gasteiger charge is -2.06. The van der Waals surface area contributed by atoms with E-state index in [-0.39, 0.29) is 10.9 Å². The molecule has 0 aliphatic rings. The predicted molar refractivity (Wildman–Crippen MR) is 76.8 cm³/mol. The molecule has 5 nitrogen and oxygen atoms in total. The summed E-state index contributed by atoms with van der Waals surface area (Å²) in [6.07, 6.45) is 3.15. The Balaban J connectivity index is 2.04. The van der Waals surface area contributed by atoms with Gasteiger partial charge < -0.3 is 0 Å². The monoisotopic (exact) mass is 276 g/mol. The fourth-order valence-electron chi connectivity index (χ4n) is 1.52. The van der Waals surface area contributed by atoms with Crippen molar-refractivity contribution < 1.29 is 0 Å². The summed E-state index contributed by atoms with van der Waals surface area (Å²) in [6.45, 7) is 2.03. The number of benzene rings is 1. The highest BCUT2D eigenvalue weighted by molar-refractivity contribution is 6.32. The SMILES string of the molecule is C[C@@H](/C=N\Nc1cn[nH]c(=O)c1Cl)c1ccccc1. The zero-order chi connectivity index (χ0) is 13.7. The normalized spacial score (nSPS) is 12.5. The summed E-state index contributed by atoms with van der Waals surface area (Å²) >= 11 is 5.81. The van der Waals surface area contributed by atoms with Gasteiger partial charge >= 0.3 is 0 Å². The van der Waals surface area contributed by atoms with Gasteiger partial charge in [0.2, 0.25) is 0 Å². The van der Waals surface area contributed by atoms with Gasteiger partial charge in [-0.3, -0.25) is 10.2 Å². The fraction of sp³-hybridized carbons (Fsp3) is 0.154. The molecule has 0 saturated carbocycles. The molecule has 0 fully saturated rings. The Bertz CT molecular complexity index is 624. The Kier molecular flexibility index (Phi) is 4.30. The van der Waals surface area contributed by atoms with Gasteiger partial charge in [-0.2, -0.15) is 10.2 Å². The molecule has 0 amide bonds. The van der Waals surface area contributed by atoms with E-state index in [1.54, 1.807) is 6.21 Å². The van der Waals surface area contributed by atoms with E-state index >= 15 is 0 Å². The zero-order valence-corrected chi connectivity index (χ0v) is 11.1. The summed E-state index contributed by atoms with van der Waals surface area (Å²) < 4.78 is 0. The van der Waals surface area contributed by atoms with Crippen LogP contribution in [0.5, 0.6) is 0 Å². The molecular weight excluding hydrogens is 264 g/mol. The summed E-state index contributed by atoms with van der Waals surface area (Å²) in [5.41, 5.74) is 3.80. The van der Waals surface area contributed by atoms with Crippen molar-refractivity contribution in [1.29, 1.82) is 0 Å². The van der Waals surface area contributed by atoms with Crippen LogP contribution in [0.1, 0.15) is 18.4 Å². The lowest BCUT2D eigenvalue weighted by Crippen LogP contribution is -2.10. The highest BCUT2D eigenvalue weighted by atomic mass is 35.5. The second kappa shape index (κ2) is 6.15. The number of H-pyrrole nitrogens is 1. The van der Waals surface area contributed by atoms with Gasteiger partial charge in [0, 0.05) is 12.1 Å². The molecule has 0 spiro atoms. The molecule has 98 valence electrons. The van der Waals surface area contributed by atoms with Crippen molar-refractivity contribution in [3.8, 4) is 0 Å². The van der Waals surface area contributed by atoms with Crippen molar-refractivity contribution in [2.45, 2.75) is 12.8 Å². The summed E-state index contributed by atoms with van der Waals surface area (Å²) in [4.78, 5) is 11.2. The number of anilines is 1. The minimum absolute atomic E-state index is 0.0412. The first-order valence-electron chi connectivity index (χ1n) is 5.76. The quantitative estimate of drug-likeness (QED) is 0.666. The lowest BCUT2D eigenvalue weighted by molar-refractivity contribution is 0.985. The number of hydrogen-bond acceptors (Lipinski definition) is 4. The molecular formula is C13H13ClN4O. The molecule has 2 rings (SSSR count). The van der Waals surface area contributed by atoms with Gasteiger partial charge in [-0.1, -0.05) is 48.9 Å². The van der Waals surface area contributed by atoms with E-state index < -0.39 is 5.56 Å². The average Bonchev–Trinajstić information content (AvgIpc) is 2.44. The van der Waals surface area contributed by atoms with Gasteiger partial charge in [-0.15, -0.1) is 0 Å². The molecule has 1 atom stereocenters. The average molecular weight is 277 g/mol. The van der Waals surface area contributed by atoms with Crippen LogP contribution in [0, 0.1) is 0 Å². The van der Waals surface area contributed by atoms with E-state index in [0.717, 1.165) is 5.56 Å². The van der Waals surface area contributed by atoms with Crippen molar-refractivity contribution in [3.63, 3.8) is 0 Å². The molecule has 0 unspecified atom stereocenters. The minimum atomic E-state index is -0.446. The first kappa shape index (κ1) is 13.3. The molecule has 1 heterocycles. The van der Waals surface area contributed by atoms with E-state index in [9.17, 15) is 4.79 Å². The molecule has 6 heteroatoms. The molecule has 0 saturated heterocycles. The van der Waals surface area contributed by atoms with Crippen LogP contribution < -0.4 is 11.0 Å². The Morgan fingerprint density at radius 3 is 2.89 bits per heavy atom. The molecule has 0 aliphatic carbocycles. The van der Waals surface area contributed by atoms with Crippen LogP contribution in [-0.4, -0.2) is 16.4 Å². The van der Waals surface area contributed by atoms with E-state index in [1.165, 1.54) is 6.20 Å². The second-order valence-corrected chi connectivity index (χ2v) is 4.39. The van der Waals surface area contributed by atoms with Crippen LogP contribution in [0.25, 0.3) is 0 Å². The number of hydrazone groups is 1. The Labute approximate surface area is 115 Å². The predicted octanol–water partition coefficient (Wildman–Crippen LogP) is 2.62. The largest absolute Gasteiger partial charge is 0.285 e. The third kappa shape index (κ3) is 3.42.